The van der Waals surface area contributed by atoms with E-state index in [1.54, 1.807) is 26.2 Å². The van der Waals surface area contributed by atoms with E-state index in [-0.39, 0.29) is 53.0 Å². The molecule has 0 radical (unpaired) electrons. The fourth-order valence-electron chi connectivity index (χ4n) is 14.5. The number of aromatic amines is 2. The van der Waals surface area contributed by atoms with Crippen molar-refractivity contribution in [3.63, 3.8) is 0 Å². The number of hydrogen-bond donors (Lipinski definition) is 5. The van der Waals surface area contributed by atoms with E-state index < -0.39 is 42.6 Å². The Morgan fingerprint density at radius 1 is 0.650 bits per heavy atom. The van der Waals surface area contributed by atoms with Gasteiger partial charge in [-0.05, 0) is 176 Å². The van der Waals surface area contributed by atoms with Crippen molar-refractivity contribution < 1.29 is 46.9 Å². The van der Waals surface area contributed by atoms with E-state index >= 15 is 8.78 Å². The lowest BCUT2D eigenvalue weighted by molar-refractivity contribution is -0.141. The van der Waals surface area contributed by atoms with Crippen molar-refractivity contribution in [3.05, 3.63) is 106 Å². The molecule has 7 aliphatic carbocycles. The number of Topliss-reactive ketones (excluding diaryl/α,β-unsaturated/α-hetero) is 1. The Morgan fingerprint density at radius 3 is 1.81 bits per heavy atom. The Hall–Kier alpha value is -6.76. The summed E-state index contributed by atoms with van der Waals surface area (Å²) in [6, 6.07) is 16.8. The van der Waals surface area contributed by atoms with Crippen molar-refractivity contribution in [2.45, 2.75) is 152 Å². The normalized spacial score (nSPS) is 24.4. The molecule has 8 aliphatic rings. The number of carbonyl (C=O) groups is 4. The Labute approximate surface area is 465 Å². The molecule has 1 saturated heterocycles. The summed E-state index contributed by atoms with van der Waals surface area (Å²) >= 11 is 0. The molecule has 18 heteroatoms. The Bertz CT molecular complexity index is 3310. The number of methoxy groups -OCH3 is 4. The van der Waals surface area contributed by atoms with Crippen LogP contribution in [0.5, 0.6) is 0 Å². The third-order valence-corrected chi connectivity index (χ3v) is 18.7. The van der Waals surface area contributed by atoms with Gasteiger partial charge in [-0.3, -0.25) is 9.59 Å². The maximum Gasteiger partial charge on any atom is 0.407 e. The molecule has 2 aromatic heterocycles. The van der Waals surface area contributed by atoms with Crippen molar-refractivity contribution in [1.82, 2.24) is 35.5 Å². The van der Waals surface area contributed by atoms with Crippen LogP contribution in [0.25, 0.3) is 44.3 Å². The summed E-state index contributed by atoms with van der Waals surface area (Å²) in [5.41, 5.74) is 15.2. The number of rotatable bonds is 13. The maximum absolute atomic E-state index is 16.6. The highest BCUT2D eigenvalue weighted by molar-refractivity contribution is 5.91. The molecule has 6 aromatic rings. The molecular weight excluding hydrogens is 1020 g/mol. The highest BCUT2D eigenvalue weighted by atomic mass is 19.1. The molecule has 424 valence electrons. The number of H-pyrrole nitrogens is 2. The summed E-state index contributed by atoms with van der Waals surface area (Å²) in [5.74, 6) is 1.19. The lowest BCUT2D eigenvalue weighted by Gasteiger charge is -2.37. The van der Waals surface area contributed by atoms with Crippen LogP contribution in [-0.2, 0) is 54.2 Å². The van der Waals surface area contributed by atoms with Gasteiger partial charge >= 0.3 is 12.2 Å². The number of benzene rings is 4. The van der Waals surface area contributed by atoms with E-state index in [1.165, 1.54) is 21.3 Å². The topological polar surface area (TPSA) is 216 Å². The van der Waals surface area contributed by atoms with Gasteiger partial charge in [-0.15, -0.1) is 0 Å². The van der Waals surface area contributed by atoms with Gasteiger partial charge in [-0.25, -0.2) is 28.3 Å². The Morgan fingerprint density at radius 2 is 1.21 bits per heavy atom. The molecule has 3 amide bonds. The van der Waals surface area contributed by atoms with E-state index in [0.29, 0.717) is 66.9 Å². The lowest BCUT2D eigenvalue weighted by atomic mass is 9.69. The van der Waals surface area contributed by atoms with Crippen LogP contribution in [0, 0.1) is 35.3 Å². The van der Waals surface area contributed by atoms with Crippen molar-refractivity contribution in [2.75, 3.05) is 28.4 Å². The molecule has 3 heterocycles. The van der Waals surface area contributed by atoms with Gasteiger partial charge in [0, 0.05) is 32.1 Å². The third-order valence-electron chi connectivity index (χ3n) is 18.7. The molecule has 1 aliphatic heterocycles. The predicted octanol–water partition coefficient (Wildman–Crippen LogP) is 10.4. The average molecular weight is 1100 g/mol. The van der Waals surface area contributed by atoms with E-state index in [2.05, 4.69) is 26.7 Å². The van der Waals surface area contributed by atoms with Crippen LogP contribution >= 0.6 is 0 Å². The monoisotopic (exact) mass is 1100 g/mol. The van der Waals surface area contributed by atoms with Gasteiger partial charge in [0.05, 0.1) is 48.4 Å². The van der Waals surface area contributed by atoms with Gasteiger partial charge in [0.15, 0.2) is 11.8 Å². The van der Waals surface area contributed by atoms with Crippen LogP contribution in [0.15, 0.2) is 60.7 Å². The number of aromatic nitrogens is 4. The summed E-state index contributed by atoms with van der Waals surface area (Å²) in [4.78, 5) is 73.0. The molecule has 3 saturated carbocycles. The van der Waals surface area contributed by atoms with Crippen molar-refractivity contribution in [2.24, 2.45) is 29.4 Å². The third kappa shape index (κ3) is 10.8. The molecule has 11 atom stereocenters. The first-order valence-electron chi connectivity index (χ1n) is 28.7. The van der Waals surface area contributed by atoms with Gasteiger partial charge in [0.25, 0.3) is 0 Å². The number of amides is 3. The summed E-state index contributed by atoms with van der Waals surface area (Å²) in [6.45, 7) is 1.80. The summed E-state index contributed by atoms with van der Waals surface area (Å²) in [6.07, 6.45) is 9.41. The summed E-state index contributed by atoms with van der Waals surface area (Å²) in [7, 11) is 5.46. The minimum Gasteiger partial charge on any atom is -0.453 e. The number of fused-ring (bicyclic) bond motifs is 4. The molecule has 1 unspecified atom stereocenters. The van der Waals surface area contributed by atoms with E-state index in [0.717, 1.165) is 120 Å². The number of halogens is 2. The number of aryl methyl sites for hydroxylation is 2. The second-order valence-electron chi connectivity index (χ2n) is 23.1. The SMILES string of the molecule is COC(=O)N[C@H](C(=O)C1CC[C@H](c2nc3cc(-c4cc5cc(F)c4CCc4cc(F)c(c(-c6ccc7[nH]c([C@@H]8C[C@@H]9CCCC[C@@H]9N8C(=O)[C@@H](NC(=O)OC)[C@@H](N)OC)nc7c6)c4)CC5)ccc3[nH]2)C[C@@H]2CCCC[C@H]12)[C@@H](C)OC. The van der Waals surface area contributed by atoms with Crippen LogP contribution < -0.4 is 16.4 Å². The fourth-order valence-corrected chi connectivity index (χ4v) is 14.5. The van der Waals surface area contributed by atoms with Gasteiger partial charge in [0.1, 0.15) is 35.6 Å². The first-order valence-corrected chi connectivity index (χ1v) is 28.7. The summed E-state index contributed by atoms with van der Waals surface area (Å²) in [5, 5.41) is 5.37. The minimum absolute atomic E-state index is 0.00363. The first kappa shape index (κ1) is 55.2. The van der Waals surface area contributed by atoms with Crippen LogP contribution in [0.1, 0.15) is 130 Å². The van der Waals surface area contributed by atoms with E-state index in [9.17, 15) is 19.2 Å². The molecule has 0 spiro atoms. The van der Waals surface area contributed by atoms with Crippen molar-refractivity contribution in [1.29, 1.82) is 0 Å². The molecule has 4 aromatic carbocycles. The molecule has 16 nitrogen and oxygen atoms in total. The number of ether oxygens (including phenoxy) is 4. The quantitative estimate of drug-likeness (QED) is 0.0686. The zero-order valence-electron chi connectivity index (χ0n) is 46.4. The van der Waals surface area contributed by atoms with Crippen molar-refractivity contribution in [3.8, 4) is 22.3 Å². The second-order valence-corrected chi connectivity index (χ2v) is 23.1. The fraction of sp³-hybridized carbons (Fsp3) is 0.516. The smallest absolute Gasteiger partial charge is 0.407 e. The van der Waals surface area contributed by atoms with Crippen LogP contribution in [0.2, 0.25) is 0 Å². The predicted molar refractivity (Wildman–Crippen MR) is 298 cm³/mol. The van der Waals surface area contributed by atoms with Crippen LogP contribution in [0.4, 0.5) is 18.4 Å². The Kier molecular flexibility index (Phi) is 16.1. The minimum atomic E-state index is -1.18. The number of nitrogens with two attached hydrogens (primary N) is 1. The number of carbonyl (C=O) groups excluding carboxylic acids is 4. The van der Waals surface area contributed by atoms with E-state index in [4.69, 9.17) is 34.6 Å². The lowest BCUT2D eigenvalue weighted by Crippen LogP contribution is -2.59. The number of nitrogens with one attached hydrogen (secondary N) is 4. The van der Waals surface area contributed by atoms with Crippen LogP contribution in [0.3, 0.4) is 0 Å². The number of imidazole rings is 2. The zero-order valence-corrected chi connectivity index (χ0v) is 46.4. The Balaban J connectivity index is 0.846. The van der Waals surface area contributed by atoms with Crippen molar-refractivity contribution >= 4 is 45.9 Å². The highest BCUT2D eigenvalue weighted by Gasteiger charge is 2.49. The number of hydrogen-bond acceptors (Lipinski definition) is 11. The maximum atomic E-state index is 16.6. The van der Waals surface area contributed by atoms with Gasteiger partial charge < -0.3 is 50.2 Å². The second kappa shape index (κ2) is 23.4. The number of likely N-dealkylation sites (tertiary alicyclic amines) is 1. The van der Waals surface area contributed by atoms with Gasteiger partial charge in [-0.1, -0.05) is 56.4 Å². The number of nitrogens with zero attached hydrogens (tertiary/aromatic N) is 3. The largest absolute Gasteiger partial charge is 0.453 e. The average Bonchev–Trinajstić information content (AvgIpc) is 4.36. The molecule has 80 heavy (non-hydrogen) atoms. The summed E-state index contributed by atoms with van der Waals surface area (Å²) < 4.78 is 53.8. The highest BCUT2D eigenvalue weighted by Crippen LogP contribution is 2.49. The molecular formula is C62H74F2N8O8. The van der Waals surface area contributed by atoms with E-state index in [1.807, 2.05) is 47.4 Å². The standard InChI is InChI=1S/C62H74F2N8O8/c1-32(77-2)54(70-61(75)79-4)56(73)43-21-16-39(28-35-10-6-8-12-40(35)43)58-66-48-22-17-36(29-50(48)68-58)44-24-33-15-20-42-45(25-34(27-47(42)64)14-19-41(44)46(63)26-33)37-18-23-49-51(30-37)69-59(67-49)53-31-38-11-7-9-13-52(38)72(53)60(74)55(57(65)78-3)71-62(76)80-5/h17-18,22-27,29-30,32,35,38-40,43,52-55,57H,6-16,19-21,28,31,65H2,1-5H3,(H,66,68)(H,67,69)(H,70,75)(H,71,76)/t32-,35+,38+,39+,40+,43?,52+,53+,54+,55+,57+/m1/s1. The number of ketones is 1. The molecule has 4 fully saturated rings. The number of alkyl carbamates (subject to hydrolysis) is 2. The van der Waals surface area contributed by atoms with Gasteiger partial charge in [-0.2, -0.15) is 0 Å². The zero-order chi connectivity index (χ0) is 55.9. The molecule has 14 rings (SSSR count). The van der Waals surface area contributed by atoms with Gasteiger partial charge in [0.2, 0.25) is 5.91 Å². The first-order chi connectivity index (χ1) is 38.7. The molecule has 4 bridgehead atoms. The molecule has 6 N–H and O–H groups in total. The van der Waals surface area contributed by atoms with Crippen LogP contribution in [-0.4, -0.2) is 108 Å².